The lowest BCUT2D eigenvalue weighted by molar-refractivity contribution is 0.154. The maximum Gasteiger partial charge on any atom is 0.0538 e. The number of benzene rings is 1. The van der Waals surface area contributed by atoms with Gasteiger partial charge in [0.25, 0.3) is 0 Å². The first-order valence-corrected chi connectivity index (χ1v) is 6.00. The molecule has 1 saturated heterocycles. The first-order valence-electron chi connectivity index (χ1n) is 6.00. The number of rotatable bonds is 3. The van der Waals surface area contributed by atoms with Crippen LogP contribution >= 0.6 is 0 Å². The first-order chi connectivity index (χ1) is 7.67. The van der Waals surface area contributed by atoms with Gasteiger partial charge in [-0.2, -0.15) is 0 Å². The summed E-state index contributed by atoms with van der Waals surface area (Å²) >= 11 is 0. The molecule has 1 fully saturated rings. The summed E-state index contributed by atoms with van der Waals surface area (Å²) in [5.74, 6) is 0. The summed E-state index contributed by atoms with van der Waals surface area (Å²) in [5, 5.41) is 0. The summed E-state index contributed by atoms with van der Waals surface area (Å²) in [7, 11) is 0. The standard InChI is InChI=1S/C14H21NO/c1-11-4-3-5-12(2)13(11)8-14(9-15)6-7-16-10-14/h3-5H,6-10,15H2,1-2H3. The Morgan fingerprint density at radius 2 is 2.00 bits per heavy atom. The molecule has 16 heavy (non-hydrogen) atoms. The Labute approximate surface area is 97.8 Å². The van der Waals surface area contributed by atoms with Gasteiger partial charge in [0.05, 0.1) is 6.61 Å². The second kappa shape index (κ2) is 4.56. The second-order valence-corrected chi connectivity index (χ2v) is 5.05. The van der Waals surface area contributed by atoms with Gasteiger partial charge in [0, 0.05) is 18.6 Å². The topological polar surface area (TPSA) is 35.2 Å². The van der Waals surface area contributed by atoms with E-state index in [0.717, 1.165) is 32.6 Å². The van der Waals surface area contributed by atoms with Crippen LogP contribution in [0, 0.1) is 19.3 Å². The van der Waals surface area contributed by atoms with E-state index in [1.54, 1.807) is 0 Å². The van der Waals surface area contributed by atoms with Crippen LogP contribution in [0.15, 0.2) is 18.2 Å². The molecular weight excluding hydrogens is 198 g/mol. The van der Waals surface area contributed by atoms with Crippen molar-refractivity contribution >= 4 is 0 Å². The van der Waals surface area contributed by atoms with Crippen molar-refractivity contribution in [3.63, 3.8) is 0 Å². The van der Waals surface area contributed by atoms with Crippen molar-refractivity contribution in [1.82, 2.24) is 0 Å². The predicted molar refractivity (Wildman–Crippen MR) is 66.5 cm³/mol. The van der Waals surface area contributed by atoms with Crippen molar-refractivity contribution in [3.05, 3.63) is 34.9 Å². The molecule has 0 aliphatic carbocycles. The molecule has 0 amide bonds. The first kappa shape index (κ1) is 11.6. The van der Waals surface area contributed by atoms with Crippen LogP contribution in [0.5, 0.6) is 0 Å². The molecule has 1 heterocycles. The van der Waals surface area contributed by atoms with E-state index in [-0.39, 0.29) is 5.41 Å². The van der Waals surface area contributed by atoms with Gasteiger partial charge in [0.15, 0.2) is 0 Å². The summed E-state index contributed by atoms with van der Waals surface area (Å²) < 4.78 is 5.52. The summed E-state index contributed by atoms with van der Waals surface area (Å²) in [5.41, 5.74) is 10.3. The van der Waals surface area contributed by atoms with Crippen LogP contribution < -0.4 is 5.73 Å². The van der Waals surface area contributed by atoms with E-state index in [4.69, 9.17) is 10.5 Å². The van der Waals surface area contributed by atoms with Gasteiger partial charge < -0.3 is 10.5 Å². The third-order valence-corrected chi connectivity index (χ3v) is 3.81. The monoisotopic (exact) mass is 219 g/mol. The van der Waals surface area contributed by atoms with Gasteiger partial charge in [0.2, 0.25) is 0 Å². The van der Waals surface area contributed by atoms with Gasteiger partial charge in [0.1, 0.15) is 0 Å². The Hall–Kier alpha value is -0.860. The normalized spacial score (nSPS) is 24.9. The highest BCUT2D eigenvalue weighted by atomic mass is 16.5. The third kappa shape index (κ3) is 2.13. The highest BCUT2D eigenvalue weighted by molar-refractivity contribution is 5.34. The van der Waals surface area contributed by atoms with Gasteiger partial charge >= 0.3 is 0 Å². The van der Waals surface area contributed by atoms with Crippen molar-refractivity contribution in [1.29, 1.82) is 0 Å². The molecule has 2 heteroatoms. The molecule has 1 aliphatic heterocycles. The molecule has 0 spiro atoms. The molecule has 2 rings (SSSR count). The van der Waals surface area contributed by atoms with E-state index < -0.39 is 0 Å². The van der Waals surface area contributed by atoms with Gasteiger partial charge in [-0.3, -0.25) is 0 Å². The lowest BCUT2D eigenvalue weighted by Gasteiger charge is -2.27. The summed E-state index contributed by atoms with van der Waals surface area (Å²) in [6.45, 7) is 6.77. The van der Waals surface area contributed by atoms with Gasteiger partial charge in [-0.25, -0.2) is 0 Å². The Bertz CT molecular complexity index is 347. The average Bonchev–Trinajstić information content (AvgIpc) is 2.73. The van der Waals surface area contributed by atoms with Crippen LogP contribution in [0.25, 0.3) is 0 Å². The molecule has 2 nitrogen and oxygen atoms in total. The van der Waals surface area contributed by atoms with Crippen molar-refractivity contribution in [2.45, 2.75) is 26.7 Å². The van der Waals surface area contributed by atoms with Gasteiger partial charge in [-0.15, -0.1) is 0 Å². The van der Waals surface area contributed by atoms with Gasteiger partial charge in [-0.1, -0.05) is 18.2 Å². The molecular formula is C14H21NO. The molecule has 1 aromatic carbocycles. The molecule has 0 bridgehead atoms. The SMILES string of the molecule is Cc1cccc(C)c1CC1(CN)CCOC1. The summed E-state index contributed by atoms with van der Waals surface area (Å²) in [6, 6.07) is 6.49. The smallest absolute Gasteiger partial charge is 0.0538 e. The highest BCUT2D eigenvalue weighted by Crippen LogP contribution is 2.33. The molecule has 0 aromatic heterocycles. The lowest BCUT2D eigenvalue weighted by Crippen LogP contribution is -2.33. The van der Waals surface area contributed by atoms with Crippen LogP contribution in [-0.2, 0) is 11.2 Å². The number of nitrogens with two attached hydrogens (primary N) is 1. The molecule has 1 aromatic rings. The molecule has 88 valence electrons. The quantitative estimate of drug-likeness (QED) is 0.846. The van der Waals surface area contributed by atoms with E-state index >= 15 is 0 Å². The fourth-order valence-corrected chi connectivity index (χ4v) is 2.52. The number of ether oxygens (including phenoxy) is 1. The van der Waals surface area contributed by atoms with E-state index in [9.17, 15) is 0 Å². The number of hydrogen-bond acceptors (Lipinski definition) is 2. The zero-order valence-corrected chi connectivity index (χ0v) is 10.3. The van der Waals surface area contributed by atoms with Crippen LogP contribution in [0.3, 0.4) is 0 Å². The second-order valence-electron chi connectivity index (χ2n) is 5.05. The molecule has 2 N–H and O–H groups in total. The minimum Gasteiger partial charge on any atom is -0.381 e. The van der Waals surface area contributed by atoms with E-state index in [1.807, 2.05) is 0 Å². The Balaban J connectivity index is 2.25. The van der Waals surface area contributed by atoms with Crippen molar-refractivity contribution < 1.29 is 4.74 Å². The number of hydrogen-bond donors (Lipinski definition) is 1. The van der Waals surface area contributed by atoms with E-state index in [1.165, 1.54) is 16.7 Å². The maximum absolute atomic E-state index is 5.94. The molecule has 1 aliphatic rings. The zero-order valence-electron chi connectivity index (χ0n) is 10.3. The van der Waals surface area contributed by atoms with Crippen LogP contribution in [-0.4, -0.2) is 19.8 Å². The molecule has 0 radical (unpaired) electrons. The largest absolute Gasteiger partial charge is 0.381 e. The van der Waals surface area contributed by atoms with Crippen molar-refractivity contribution in [2.24, 2.45) is 11.1 Å². The van der Waals surface area contributed by atoms with Crippen LogP contribution in [0.1, 0.15) is 23.1 Å². The highest BCUT2D eigenvalue weighted by Gasteiger charge is 2.34. The maximum atomic E-state index is 5.94. The Morgan fingerprint density at radius 3 is 2.50 bits per heavy atom. The molecule has 1 atom stereocenters. The van der Waals surface area contributed by atoms with Crippen LogP contribution in [0.2, 0.25) is 0 Å². The predicted octanol–water partition coefficient (Wildman–Crippen LogP) is 2.21. The minimum atomic E-state index is 0.177. The van der Waals surface area contributed by atoms with E-state index in [0.29, 0.717) is 0 Å². The van der Waals surface area contributed by atoms with E-state index in [2.05, 4.69) is 32.0 Å². The minimum absolute atomic E-state index is 0.177. The number of aryl methyl sites for hydroxylation is 2. The van der Waals surface area contributed by atoms with Gasteiger partial charge in [-0.05, 0) is 43.4 Å². The van der Waals surface area contributed by atoms with Crippen molar-refractivity contribution in [3.8, 4) is 0 Å². The fourth-order valence-electron chi connectivity index (χ4n) is 2.52. The summed E-state index contributed by atoms with van der Waals surface area (Å²) in [6.07, 6.45) is 2.15. The van der Waals surface area contributed by atoms with Crippen LogP contribution in [0.4, 0.5) is 0 Å². The molecule has 1 unspecified atom stereocenters. The Morgan fingerprint density at radius 1 is 1.31 bits per heavy atom. The summed E-state index contributed by atoms with van der Waals surface area (Å²) in [4.78, 5) is 0. The molecule has 0 saturated carbocycles. The zero-order chi connectivity index (χ0) is 11.6. The van der Waals surface area contributed by atoms with Crippen molar-refractivity contribution in [2.75, 3.05) is 19.8 Å². The Kier molecular flexibility index (Phi) is 3.31. The third-order valence-electron chi connectivity index (χ3n) is 3.81. The average molecular weight is 219 g/mol. The fraction of sp³-hybridized carbons (Fsp3) is 0.571. The lowest BCUT2D eigenvalue weighted by atomic mass is 9.79.